The molecule has 34 heavy (non-hydrogen) atoms. The Morgan fingerprint density at radius 3 is 2.00 bits per heavy atom. The van der Waals surface area contributed by atoms with Crippen LogP contribution >= 0.6 is 0 Å². The summed E-state index contributed by atoms with van der Waals surface area (Å²) in [6, 6.07) is 10.3. The van der Waals surface area contributed by atoms with E-state index in [0.29, 0.717) is 18.1 Å². The Morgan fingerprint density at radius 1 is 0.853 bits per heavy atom. The Balaban J connectivity index is 1.41. The van der Waals surface area contributed by atoms with Gasteiger partial charge in [0.15, 0.2) is 6.04 Å². The van der Waals surface area contributed by atoms with Crippen LogP contribution in [0.4, 0.5) is 5.69 Å². The molecule has 2 aliphatic heterocycles. The summed E-state index contributed by atoms with van der Waals surface area (Å²) in [7, 11) is 3.36. The minimum atomic E-state index is -1.17. The molecule has 1 amide bonds. The number of amides is 1. The molecule has 7 atom stereocenters. The number of carboxylic acids is 1. The first-order valence-electron chi connectivity index (χ1n) is 13.5. The highest BCUT2D eigenvalue weighted by atomic mass is 16.4. The van der Waals surface area contributed by atoms with E-state index in [1.807, 2.05) is 35.2 Å². The number of hydrogen-bond acceptors (Lipinski definition) is 4. The van der Waals surface area contributed by atoms with E-state index in [2.05, 4.69) is 4.90 Å². The number of rotatable bonds is 6. The molecule has 4 bridgehead atoms. The Bertz CT molecular complexity index is 849. The number of para-hydroxylation sites is 1. The number of hydrogen-bond donors (Lipinski definition) is 1. The second-order valence-corrected chi connectivity index (χ2v) is 11.6. The van der Waals surface area contributed by atoms with Gasteiger partial charge in [-0.15, -0.1) is 0 Å². The van der Waals surface area contributed by atoms with Gasteiger partial charge in [-0.25, -0.2) is 4.79 Å². The van der Waals surface area contributed by atoms with Crippen molar-refractivity contribution in [1.82, 2.24) is 9.80 Å². The summed E-state index contributed by atoms with van der Waals surface area (Å²) < 4.78 is 0. The number of carboxylic acid groups (broad SMARTS) is 1. The van der Waals surface area contributed by atoms with Gasteiger partial charge in [-0.1, -0.05) is 43.9 Å². The monoisotopic (exact) mass is 467 g/mol. The van der Waals surface area contributed by atoms with E-state index in [0.717, 1.165) is 30.4 Å². The molecular weight excluding hydrogens is 426 g/mol. The van der Waals surface area contributed by atoms with Gasteiger partial charge in [-0.3, -0.25) is 14.6 Å². The summed E-state index contributed by atoms with van der Waals surface area (Å²) in [5.41, 5.74) is 0.823. The molecule has 186 valence electrons. The van der Waals surface area contributed by atoms with Crippen molar-refractivity contribution >= 4 is 17.6 Å². The highest BCUT2D eigenvalue weighted by molar-refractivity contribution is 6.09. The van der Waals surface area contributed by atoms with Crippen LogP contribution in [0.25, 0.3) is 0 Å². The number of carbonyl (C=O) groups is 2. The second kappa shape index (κ2) is 9.98. The van der Waals surface area contributed by atoms with Gasteiger partial charge >= 0.3 is 5.97 Å². The fourth-order valence-electron chi connectivity index (χ4n) is 7.92. The Hall–Kier alpha value is -1.92. The summed E-state index contributed by atoms with van der Waals surface area (Å²) in [5.74, 6) is 0.430. The van der Waals surface area contributed by atoms with Crippen molar-refractivity contribution in [2.45, 2.75) is 101 Å². The molecule has 0 aromatic heterocycles. The number of nitrogens with zero attached hydrogens (tertiary/aromatic N) is 3. The molecule has 0 spiro atoms. The van der Waals surface area contributed by atoms with Crippen molar-refractivity contribution in [2.24, 2.45) is 11.8 Å². The first kappa shape index (κ1) is 23.8. The lowest BCUT2D eigenvalue weighted by Crippen LogP contribution is -2.63. The molecule has 2 saturated heterocycles. The van der Waals surface area contributed by atoms with E-state index in [-0.39, 0.29) is 11.9 Å². The number of fused-ring (bicyclic) bond motifs is 4. The summed E-state index contributed by atoms with van der Waals surface area (Å²) in [4.78, 5) is 32.1. The number of likely N-dealkylation sites (N-methyl/N-ethyl adjacent to an activating group) is 1. The zero-order valence-corrected chi connectivity index (χ0v) is 20.8. The van der Waals surface area contributed by atoms with Gasteiger partial charge in [0.2, 0.25) is 0 Å². The lowest BCUT2D eigenvalue weighted by atomic mass is 9.68. The predicted molar refractivity (Wildman–Crippen MR) is 134 cm³/mol. The minimum absolute atomic E-state index is 0.0475. The van der Waals surface area contributed by atoms with Crippen LogP contribution in [0, 0.1) is 11.8 Å². The highest BCUT2D eigenvalue weighted by Gasteiger charge is 2.47. The van der Waals surface area contributed by atoms with Crippen molar-refractivity contribution < 1.29 is 14.7 Å². The molecule has 2 aliphatic carbocycles. The van der Waals surface area contributed by atoms with E-state index in [4.69, 9.17) is 0 Å². The Labute approximate surface area is 204 Å². The van der Waals surface area contributed by atoms with Crippen LogP contribution in [0.15, 0.2) is 30.3 Å². The summed E-state index contributed by atoms with van der Waals surface area (Å²) in [5, 5.41) is 9.86. The van der Waals surface area contributed by atoms with Crippen LogP contribution in [-0.2, 0) is 9.59 Å². The third-order valence-electron chi connectivity index (χ3n) is 9.15. The molecule has 1 N–H and O–H groups in total. The average Bonchev–Trinajstić information content (AvgIpc) is 2.78. The smallest absolute Gasteiger partial charge is 0.330 e. The SMILES string of the molecule is CN(C)C(C(=O)O)C(=O)N(c1ccccc1)C1C[C@H]2CCC[C@@H](C1)N2C1C[C@H]2CCC[C@@H](C1)C2. The van der Waals surface area contributed by atoms with Gasteiger partial charge in [0.05, 0.1) is 0 Å². The summed E-state index contributed by atoms with van der Waals surface area (Å²) >= 11 is 0. The van der Waals surface area contributed by atoms with Crippen molar-refractivity contribution in [3.05, 3.63) is 30.3 Å². The van der Waals surface area contributed by atoms with Crippen LogP contribution in [0.5, 0.6) is 0 Å². The largest absolute Gasteiger partial charge is 0.480 e. The van der Waals surface area contributed by atoms with E-state index in [1.54, 1.807) is 14.1 Å². The fraction of sp³-hybridized carbons (Fsp3) is 0.714. The molecule has 6 heteroatoms. The predicted octanol–water partition coefficient (Wildman–Crippen LogP) is 4.39. The quantitative estimate of drug-likeness (QED) is 0.629. The van der Waals surface area contributed by atoms with Crippen LogP contribution in [-0.4, -0.2) is 71.1 Å². The van der Waals surface area contributed by atoms with Crippen molar-refractivity contribution in [2.75, 3.05) is 19.0 Å². The molecule has 2 heterocycles. The van der Waals surface area contributed by atoms with Crippen molar-refractivity contribution in [3.63, 3.8) is 0 Å². The van der Waals surface area contributed by atoms with Crippen LogP contribution in [0.2, 0.25) is 0 Å². The van der Waals surface area contributed by atoms with Gasteiger partial charge in [-0.2, -0.15) is 0 Å². The number of benzene rings is 1. The first-order chi connectivity index (χ1) is 16.4. The number of piperidine rings is 2. The third-order valence-corrected chi connectivity index (χ3v) is 9.15. The van der Waals surface area contributed by atoms with E-state index >= 15 is 0 Å². The highest BCUT2D eigenvalue weighted by Crippen LogP contribution is 2.46. The summed E-state index contributed by atoms with van der Waals surface area (Å²) in [6.07, 6.45) is 14.0. The number of carbonyl (C=O) groups excluding carboxylic acids is 1. The van der Waals surface area contributed by atoms with Crippen molar-refractivity contribution in [3.8, 4) is 0 Å². The second-order valence-electron chi connectivity index (χ2n) is 11.6. The molecule has 3 unspecified atom stereocenters. The van der Waals surface area contributed by atoms with E-state index in [9.17, 15) is 14.7 Å². The first-order valence-corrected chi connectivity index (χ1v) is 13.5. The van der Waals surface area contributed by atoms with Crippen LogP contribution in [0.3, 0.4) is 0 Å². The van der Waals surface area contributed by atoms with E-state index < -0.39 is 12.0 Å². The average molecular weight is 468 g/mol. The lowest BCUT2D eigenvalue weighted by molar-refractivity contribution is -0.147. The fourth-order valence-corrected chi connectivity index (χ4v) is 7.92. The molecule has 1 aromatic rings. The molecule has 1 aromatic carbocycles. The zero-order chi connectivity index (χ0) is 23.8. The van der Waals surface area contributed by atoms with Gasteiger partial charge < -0.3 is 10.0 Å². The van der Waals surface area contributed by atoms with Gasteiger partial charge in [-0.05, 0) is 83.0 Å². The molecule has 0 radical (unpaired) electrons. The molecular formula is C28H41N3O3. The molecule has 4 fully saturated rings. The summed E-state index contributed by atoms with van der Waals surface area (Å²) in [6.45, 7) is 0. The number of anilines is 1. The molecule has 6 nitrogen and oxygen atoms in total. The molecule has 5 rings (SSSR count). The maximum atomic E-state index is 13.8. The minimum Gasteiger partial charge on any atom is -0.480 e. The third kappa shape index (κ3) is 4.64. The van der Waals surface area contributed by atoms with Gasteiger partial charge in [0.1, 0.15) is 0 Å². The van der Waals surface area contributed by atoms with Crippen molar-refractivity contribution in [1.29, 1.82) is 0 Å². The topological polar surface area (TPSA) is 64.1 Å². The van der Waals surface area contributed by atoms with Gasteiger partial charge in [0, 0.05) is 29.9 Å². The zero-order valence-electron chi connectivity index (χ0n) is 20.8. The molecule has 2 saturated carbocycles. The maximum absolute atomic E-state index is 13.8. The normalized spacial score (nSPS) is 34.4. The Morgan fingerprint density at radius 2 is 1.44 bits per heavy atom. The van der Waals surface area contributed by atoms with Crippen LogP contribution in [0.1, 0.15) is 70.6 Å². The standard InChI is InChI=1S/C28H41N3O3/c1-29(2)26(28(33)34)27(32)31(21-10-4-3-5-11-21)25-17-22-12-7-13-23(18-25)30(22)24-15-19-8-6-9-20(14-19)16-24/h3-5,10-11,19-20,22-26H,6-9,12-18H2,1-2H3,(H,33,34)/t19-,20+,22-,23+,24?,25?,26?. The lowest BCUT2D eigenvalue weighted by Gasteiger charge is -2.56. The maximum Gasteiger partial charge on any atom is 0.330 e. The van der Waals surface area contributed by atoms with Gasteiger partial charge in [0.25, 0.3) is 5.91 Å². The number of aliphatic carboxylic acids is 1. The van der Waals surface area contributed by atoms with Crippen LogP contribution < -0.4 is 4.90 Å². The Kier molecular flexibility index (Phi) is 6.99. The van der Waals surface area contributed by atoms with E-state index in [1.165, 1.54) is 62.7 Å². The molecule has 4 aliphatic rings.